The zero-order valence-corrected chi connectivity index (χ0v) is 10.0. The molecule has 0 amide bonds. The summed E-state index contributed by atoms with van der Waals surface area (Å²) in [6.07, 6.45) is 2.00. The van der Waals surface area contributed by atoms with Crippen LogP contribution in [0.25, 0.3) is 15.5 Å². The van der Waals surface area contributed by atoms with E-state index in [1.807, 2.05) is 17.6 Å². The first kappa shape index (κ1) is 9.06. The molecule has 0 saturated heterocycles. The highest BCUT2D eigenvalue weighted by atomic mass is 32.1. The Balaban J connectivity index is 2.20. The normalized spacial score (nSPS) is 11.3. The predicted molar refractivity (Wildman–Crippen MR) is 63.7 cm³/mol. The van der Waals surface area contributed by atoms with Gasteiger partial charge in [-0.25, -0.2) is 9.50 Å². The number of hydrogen-bond donors (Lipinski definition) is 0. The smallest absolute Gasteiger partial charge is 0.212 e. The molecule has 0 radical (unpaired) electrons. The number of aromatic nitrogens is 3. The van der Waals surface area contributed by atoms with E-state index in [1.54, 1.807) is 22.7 Å². The van der Waals surface area contributed by atoms with Crippen LogP contribution in [0.15, 0.2) is 17.6 Å². The van der Waals surface area contributed by atoms with Gasteiger partial charge in [-0.2, -0.15) is 5.10 Å². The van der Waals surface area contributed by atoms with Crippen LogP contribution in [0, 0.1) is 13.8 Å². The van der Waals surface area contributed by atoms with Gasteiger partial charge in [-0.1, -0.05) is 11.3 Å². The van der Waals surface area contributed by atoms with Crippen LogP contribution in [0.1, 0.15) is 10.6 Å². The van der Waals surface area contributed by atoms with Gasteiger partial charge in [0.15, 0.2) is 0 Å². The Kier molecular flexibility index (Phi) is 1.90. The highest BCUT2D eigenvalue weighted by molar-refractivity contribution is 7.16. The van der Waals surface area contributed by atoms with Gasteiger partial charge in [0.2, 0.25) is 4.96 Å². The maximum atomic E-state index is 4.57. The molecule has 0 unspecified atom stereocenters. The van der Waals surface area contributed by atoms with E-state index in [1.165, 1.54) is 10.4 Å². The maximum Gasteiger partial charge on any atom is 0.212 e. The molecule has 0 spiro atoms. The highest BCUT2D eigenvalue weighted by Gasteiger charge is 2.10. The van der Waals surface area contributed by atoms with E-state index in [0.717, 1.165) is 15.7 Å². The minimum Gasteiger partial charge on any atom is -0.217 e. The summed E-state index contributed by atoms with van der Waals surface area (Å²) in [6.45, 7) is 4.10. The van der Waals surface area contributed by atoms with E-state index in [4.69, 9.17) is 0 Å². The van der Waals surface area contributed by atoms with Crippen LogP contribution >= 0.6 is 22.7 Å². The summed E-state index contributed by atoms with van der Waals surface area (Å²) in [6, 6.07) is 2.12. The summed E-state index contributed by atoms with van der Waals surface area (Å²) in [4.78, 5) is 6.78. The molecule has 0 aliphatic heterocycles. The summed E-state index contributed by atoms with van der Waals surface area (Å²) < 4.78 is 1.86. The molecule has 0 bridgehead atoms. The summed E-state index contributed by atoms with van der Waals surface area (Å²) >= 11 is 3.35. The van der Waals surface area contributed by atoms with Crippen molar-refractivity contribution >= 4 is 27.6 Å². The van der Waals surface area contributed by atoms with Gasteiger partial charge in [0, 0.05) is 0 Å². The Labute approximate surface area is 95.0 Å². The molecule has 3 heterocycles. The molecule has 0 atom stereocenters. The third kappa shape index (κ3) is 1.39. The van der Waals surface area contributed by atoms with Crippen LogP contribution in [0.3, 0.4) is 0 Å². The molecular weight excluding hydrogens is 226 g/mol. The molecule has 76 valence electrons. The fourth-order valence-electron chi connectivity index (χ4n) is 1.54. The van der Waals surface area contributed by atoms with Crippen molar-refractivity contribution in [3.8, 4) is 10.6 Å². The van der Waals surface area contributed by atoms with Crippen molar-refractivity contribution in [2.24, 2.45) is 0 Å². The van der Waals surface area contributed by atoms with Gasteiger partial charge in [0.1, 0.15) is 10.7 Å². The van der Waals surface area contributed by atoms with Gasteiger partial charge in [-0.15, -0.1) is 11.3 Å². The number of nitrogens with zero attached hydrogens (tertiary/aromatic N) is 3. The van der Waals surface area contributed by atoms with Crippen LogP contribution in [-0.4, -0.2) is 14.6 Å². The Morgan fingerprint density at radius 3 is 2.87 bits per heavy atom. The minimum atomic E-state index is 0.968. The number of fused-ring (bicyclic) bond motifs is 1. The van der Waals surface area contributed by atoms with Crippen LogP contribution in [0.4, 0.5) is 0 Å². The SMILES string of the molecule is Cc1nn2cc(-c3sccc3C)nc2s1. The lowest BCUT2D eigenvalue weighted by Crippen LogP contribution is -1.79. The summed E-state index contributed by atoms with van der Waals surface area (Å²) in [7, 11) is 0. The Hall–Kier alpha value is -1.20. The lowest BCUT2D eigenvalue weighted by atomic mass is 10.2. The largest absolute Gasteiger partial charge is 0.217 e. The van der Waals surface area contributed by atoms with Gasteiger partial charge >= 0.3 is 0 Å². The lowest BCUT2D eigenvalue weighted by molar-refractivity contribution is 0.946. The van der Waals surface area contributed by atoms with Gasteiger partial charge < -0.3 is 0 Å². The molecule has 0 aliphatic rings. The van der Waals surface area contributed by atoms with E-state index < -0.39 is 0 Å². The monoisotopic (exact) mass is 235 g/mol. The third-order valence-electron chi connectivity index (χ3n) is 2.24. The highest BCUT2D eigenvalue weighted by Crippen LogP contribution is 2.29. The molecule has 0 saturated carbocycles. The van der Waals surface area contributed by atoms with E-state index in [0.29, 0.717) is 0 Å². The molecule has 0 aliphatic carbocycles. The second-order valence-corrected chi connectivity index (χ2v) is 5.48. The molecular formula is C10H9N3S2. The zero-order valence-electron chi connectivity index (χ0n) is 8.39. The van der Waals surface area contributed by atoms with Crippen molar-refractivity contribution in [2.45, 2.75) is 13.8 Å². The van der Waals surface area contributed by atoms with E-state index >= 15 is 0 Å². The van der Waals surface area contributed by atoms with Crippen LogP contribution < -0.4 is 0 Å². The van der Waals surface area contributed by atoms with Gasteiger partial charge in [0.25, 0.3) is 0 Å². The second kappa shape index (κ2) is 3.15. The average Bonchev–Trinajstić information content (AvgIpc) is 2.78. The number of imidazole rings is 1. The van der Waals surface area contributed by atoms with E-state index in [-0.39, 0.29) is 0 Å². The van der Waals surface area contributed by atoms with Crippen LogP contribution in [0.5, 0.6) is 0 Å². The molecule has 3 aromatic rings. The molecule has 3 nitrogen and oxygen atoms in total. The molecule has 3 aromatic heterocycles. The first-order valence-electron chi connectivity index (χ1n) is 4.61. The third-order valence-corrected chi connectivity index (χ3v) is 4.12. The van der Waals surface area contributed by atoms with Gasteiger partial charge in [-0.3, -0.25) is 0 Å². The number of rotatable bonds is 1. The second-order valence-electron chi connectivity index (χ2n) is 3.41. The fraction of sp³-hybridized carbons (Fsp3) is 0.200. The molecule has 5 heteroatoms. The van der Waals surface area contributed by atoms with Crippen LogP contribution in [-0.2, 0) is 0 Å². The van der Waals surface area contributed by atoms with Crippen molar-refractivity contribution in [1.82, 2.24) is 14.6 Å². The van der Waals surface area contributed by atoms with Crippen molar-refractivity contribution in [1.29, 1.82) is 0 Å². The van der Waals surface area contributed by atoms with Crippen molar-refractivity contribution < 1.29 is 0 Å². The summed E-state index contributed by atoms with van der Waals surface area (Å²) in [5.41, 5.74) is 2.31. The molecule has 0 fully saturated rings. The Morgan fingerprint density at radius 1 is 1.33 bits per heavy atom. The lowest BCUT2D eigenvalue weighted by Gasteiger charge is -1.91. The van der Waals surface area contributed by atoms with Gasteiger partial charge in [-0.05, 0) is 30.9 Å². The molecule has 0 aromatic carbocycles. The van der Waals surface area contributed by atoms with Crippen LogP contribution in [0.2, 0.25) is 0 Å². The quantitative estimate of drug-likeness (QED) is 0.648. The first-order valence-corrected chi connectivity index (χ1v) is 6.31. The van der Waals surface area contributed by atoms with Crippen molar-refractivity contribution in [2.75, 3.05) is 0 Å². The Bertz CT molecular complexity index is 586. The van der Waals surface area contributed by atoms with Crippen molar-refractivity contribution in [3.05, 3.63) is 28.2 Å². The minimum absolute atomic E-state index is 0.968. The van der Waals surface area contributed by atoms with Crippen molar-refractivity contribution in [3.63, 3.8) is 0 Å². The number of hydrogen-bond acceptors (Lipinski definition) is 4. The zero-order chi connectivity index (χ0) is 10.4. The Morgan fingerprint density at radius 2 is 2.20 bits per heavy atom. The summed E-state index contributed by atoms with van der Waals surface area (Å²) in [5, 5.41) is 7.49. The predicted octanol–water partition coefficient (Wildman–Crippen LogP) is 3.14. The van der Waals surface area contributed by atoms with E-state index in [9.17, 15) is 0 Å². The fourth-order valence-corrected chi connectivity index (χ4v) is 3.15. The maximum absolute atomic E-state index is 4.57. The molecule has 15 heavy (non-hydrogen) atoms. The first-order chi connectivity index (χ1) is 7.24. The molecule has 3 rings (SSSR count). The number of thiophene rings is 1. The topological polar surface area (TPSA) is 30.2 Å². The number of aryl methyl sites for hydroxylation is 2. The average molecular weight is 235 g/mol. The summed E-state index contributed by atoms with van der Waals surface area (Å²) in [5.74, 6) is 0. The van der Waals surface area contributed by atoms with E-state index in [2.05, 4.69) is 28.5 Å². The standard InChI is InChI=1S/C10H9N3S2/c1-6-3-4-14-9(6)8-5-13-10(11-8)15-7(2)12-13/h3-5H,1-2H3. The van der Waals surface area contributed by atoms with Gasteiger partial charge in [0.05, 0.1) is 11.1 Å². The molecule has 0 N–H and O–H groups in total.